The van der Waals surface area contributed by atoms with Crippen molar-refractivity contribution in [2.24, 2.45) is 0 Å². The number of carbonyl (C=O) groups is 1. The van der Waals surface area contributed by atoms with E-state index in [1.54, 1.807) is 18.4 Å². The summed E-state index contributed by atoms with van der Waals surface area (Å²) in [6.07, 6.45) is 2.48. The fraction of sp³-hybridized carbons (Fsp3) is 0.348. The summed E-state index contributed by atoms with van der Waals surface area (Å²) in [5.74, 6) is 0.848. The molecule has 1 fully saturated rings. The number of methoxy groups -OCH3 is 1. The normalized spacial score (nSPS) is 15.3. The molecule has 5 nitrogen and oxygen atoms in total. The van der Waals surface area contributed by atoms with Crippen LogP contribution >= 0.6 is 11.3 Å². The zero-order valence-corrected chi connectivity index (χ0v) is 17.5. The number of urea groups is 1. The van der Waals surface area contributed by atoms with Crippen molar-refractivity contribution in [2.45, 2.75) is 25.4 Å². The van der Waals surface area contributed by atoms with Crippen molar-refractivity contribution < 1.29 is 9.53 Å². The second-order valence-electron chi connectivity index (χ2n) is 7.39. The second-order valence-corrected chi connectivity index (χ2v) is 8.36. The molecule has 0 aliphatic carbocycles. The van der Waals surface area contributed by atoms with Gasteiger partial charge in [0, 0.05) is 18.0 Å². The summed E-state index contributed by atoms with van der Waals surface area (Å²) < 4.78 is 5.27. The van der Waals surface area contributed by atoms with Gasteiger partial charge in [-0.25, -0.2) is 4.79 Å². The number of fused-ring (bicyclic) bond motifs is 1. The molecule has 1 aliphatic rings. The van der Waals surface area contributed by atoms with Gasteiger partial charge in [-0.3, -0.25) is 4.90 Å². The molecule has 1 unspecified atom stereocenters. The molecule has 0 bridgehead atoms. The summed E-state index contributed by atoms with van der Waals surface area (Å²) in [5, 5.41) is 10.4. The molecule has 2 aromatic carbocycles. The zero-order valence-electron chi connectivity index (χ0n) is 16.7. The van der Waals surface area contributed by atoms with Crippen LogP contribution in [0.3, 0.4) is 0 Å². The van der Waals surface area contributed by atoms with E-state index in [0.29, 0.717) is 13.1 Å². The summed E-state index contributed by atoms with van der Waals surface area (Å²) in [5.41, 5.74) is 1.08. The van der Waals surface area contributed by atoms with E-state index in [1.165, 1.54) is 17.7 Å². The van der Waals surface area contributed by atoms with Crippen molar-refractivity contribution in [2.75, 3.05) is 26.7 Å². The molecule has 1 aromatic heterocycles. The number of benzene rings is 2. The Morgan fingerprint density at radius 1 is 1.10 bits per heavy atom. The Balaban J connectivity index is 1.32. The van der Waals surface area contributed by atoms with Gasteiger partial charge in [-0.05, 0) is 71.9 Å². The third kappa shape index (κ3) is 4.89. The van der Waals surface area contributed by atoms with E-state index in [-0.39, 0.29) is 12.1 Å². The largest absolute Gasteiger partial charge is 0.497 e. The van der Waals surface area contributed by atoms with Gasteiger partial charge in [0.15, 0.2) is 0 Å². The fourth-order valence-electron chi connectivity index (χ4n) is 3.89. The molecule has 3 aromatic rings. The van der Waals surface area contributed by atoms with Crippen LogP contribution in [0.15, 0.2) is 53.9 Å². The lowest BCUT2D eigenvalue weighted by Crippen LogP contribution is -2.41. The molecule has 1 atom stereocenters. The summed E-state index contributed by atoms with van der Waals surface area (Å²) in [6, 6.07) is 16.6. The highest BCUT2D eigenvalue weighted by molar-refractivity contribution is 7.10. The average Bonchev–Trinajstić information content (AvgIpc) is 3.47. The number of hydrogen-bond donors (Lipinski definition) is 2. The van der Waals surface area contributed by atoms with Crippen LogP contribution in [-0.4, -0.2) is 37.7 Å². The number of thiophene rings is 1. The van der Waals surface area contributed by atoms with Crippen LogP contribution in [0.25, 0.3) is 10.8 Å². The Hall–Kier alpha value is -2.57. The van der Waals surface area contributed by atoms with E-state index in [0.717, 1.165) is 35.2 Å². The van der Waals surface area contributed by atoms with Gasteiger partial charge >= 0.3 is 6.03 Å². The molecule has 1 aliphatic heterocycles. The first-order valence-electron chi connectivity index (χ1n) is 10.1. The molecule has 6 heteroatoms. The van der Waals surface area contributed by atoms with E-state index in [1.807, 2.05) is 24.3 Å². The Kier molecular flexibility index (Phi) is 6.32. The molecular weight excluding hydrogens is 382 g/mol. The summed E-state index contributed by atoms with van der Waals surface area (Å²) in [4.78, 5) is 16.2. The predicted molar refractivity (Wildman–Crippen MR) is 119 cm³/mol. The van der Waals surface area contributed by atoms with Crippen molar-refractivity contribution in [3.8, 4) is 5.75 Å². The van der Waals surface area contributed by atoms with Gasteiger partial charge in [-0.15, -0.1) is 11.3 Å². The maximum absolute atomic E-state index is 12.4. The molecule has 29 heavy (non-hydrogen) atoms. The van der Waals surface area contributed by atoms with Crippen molar-refractivity contribution >= 4 is 28.1 Å². The smallest absolute Gasteiger partial charge is 0.315 e. The molecule has 0 radical (unpaired) electrons. The third-order valence-electron chi connectivity index (χ3n) is 5.47. The number of carbonyl (C=O) groups excluding carboxylic acids is 1. The average molecular weight is 410 g/mol. The van der Waals surface area contributed by atoms with Crippen LogP contribution in [0.2, 0.25) is 0 Å². The summed E-state index contributed by atoms with van der Waals surface area (Å²) in [7, 11) is 1.67. The number of nitrogens with one attached hydrogen (secondary N) is 2. The Morgan fingerprint density at radius 3 is 2.66 bits per heavy atom. The first kappa shape index (κ1) is 19.7. The van der Waals surface area contributed by atoms with Crippen molar-refractivity contribution in [1.82, 2.24) is 15.5 Å². The Labute approximate surface area is 175 Å². The number of rotatable bonds is 7. The van der Waals surface area contributed by atoms with Gasteiger partial charge in [0.1, 0.15) is 5.75 Å². The van der Waals surface area contributed by atoms with Gasteiger partial charge < -0.3 is 15.4 Å². The highest BCUT2D eigenvalue weighted by Crippen LogP contribution is 2.27. The van der Waals surface area contributed by atoms with Gasteiger partial charge in [-0.2, -0.15) is 0 Å². The van der Waals surface area contributed by atoms with Crippen LogP contribution in [0.4, 0.5) is 4.79 Å². The number of hydrogen-bond acceptors (Lipinski definition) is 4. The number of ether oxygens (including phenoxy) is 1. The van der Waals surface area contributed by atoms with E-state index in [2.05, 4.69) is 45.2 Å². The van der Waals surface area contributed by atoms with Gasteiger partial charge in [0.05, 0.1) is 13.2 Å². The topological polar surface area (TPSA) is 53.6 Å². The molecule has 0 spiro atoms. The van der Waals surface area contributed by atoms with Crippen molar-refractivity contribution in [3.63, 3.8) is 0 Å². The summed E-state index contributed by atoms with van der Waals surface area (Å²) in [6.45, 7) is 3.34. The van der Waals surface area contributed by atoms with Crippen molar-refractivity contribution in [1.29, 1.82) is 0 Å². The third-order valence-corrected chi connectivity index (χ3v) is 6.45. The molecule has 0 saturated carbocycles. The maximum Gasteiger partial charge on any atom is 0.315 e. The Bertz CT molecular complexity index is 952. The van der Waals surface area contributed by atoms with Gasteiger partial charge in [0.25, 0.3) is 0 Å². The number of likely N-dealkylation sites (tertiary alicyclic amines) is 1. The second kappa shape index (κ2) is 9.29. The van der Waals surface area contributed by atoms with E-state index in [4.69, 9.17) is 4.74 Å². The lowest BCUT2D eigenvalue weighted by molar-refractivity contribution is 0.222. The number of nitrogens with zero attached hydrogens (tertiary/aromatic N) is 1. The van der Waals surface area contributed by atoms with Crippen LogP contribution in [0.1, 0.15) is 29.3 Å². The standard InChI is InChI=1S/C23H27N3O2S/c1-28-20-9-8-18-13-17(6-7-19(18)14-20)15-24-23(27)25-16-21(22-5-4-12-29-22)26-10-2-3-11-26/h4-9,12-14,21H,2-3,10-11,15-16H2,1H3,(H2,24,25,27). The van der Waals surface area contributed by atoms with E-state index < -0.39 is 0 Å². The quantitative estimate of drug-likeness (QED) is 0.602. The predicted octanol–water partition coefficient (Wildman–Crippen LogP) is 4.55. The first-order chi connectivity index (χ1) is 14.2. The summed E-state index contributed by atoms with van der Waals surface area (Å²) >= 11 is 1.76. The first-order valence-corrected chi connectivity index (χ1v) is 11.0. The van der Waals surface area contributed by atoms with Crippen molar-refractivity contribution in [3.05, 3.63) is 64.4 Å². The highest BCUT2D eigenvalue weighted by atomic mass is 32.1. The SMILES string of the molecule is COc1ccc2cc(CNC(=O)NCC(c3cccs3)N3CCCC3)ccc2c1. The number of amides is 2. The van der Waals surface area contributed by atoms with E-state index >= 15 is 0 Å². The minimum absolute atomic E-state index is 0.124. The Morgan fingerprint density at radius 2 is 1.90 bits per heavy atom. The molecule has 2 N–H and O–H groups in total. The molecule has 4 rings (SSSR count). The lowest BCUT2D eigenvalue weighted by Gasteiger charge is -2.27. The molecule has 2 amide bonds. The molecule has 152 valence electrons. The molecular formula is C23H27N3O2S. The maximum atomic E-state index is 12.4. The minimum atomic E-state index is -0.124. The van der Waals surface area contributed by atoms with Gasteiger partial charge in [0.2, 0.25) is 0 Å². The molecule has 2 heterocycles. The monoisotopic (exact) mass is 409 g/mol. The molecule has 1 saturated heterocycles. The van der Waals surface area contributed by atoms with Crippen LogP contribution < -0.4 is 15.4 Å². The van der Waals surface area contributed by atoms with Crippen LogP contribution in [-0.2, 0) is 6.54 Å². The van der Waals surface area contributed by atoms with Crippen LogP contribution in [0.5, 0.6) is 5.75 Å². The zero-order chi connectivity index (χ0) is 20.1. The lowest BCUT2D eigenvalue weighted by atomic mass is 10.1. The van der Waals surface area contributed by atoms with Crippen LogP contribution in [0, 0.1) is 0 Å². The fourth-order valence-corrected chi connectivity index (χ4v) is 4.75. The highest BCUT2D eigenvalue weighted by Gasteiger charge is 2.24. The van der Waals surface area contributed by atoms with E-state index in [9.17, 15) is 4.79 Å². The minimum Gasteiger partial charge on any atom is -0.497 e. The van der Waals surface area contributed by atoms with Gasteiger partial charge in [-0.1, -0.05) is 24.3 Å².